The van der Waals surface area contributed by atoms with Crippen molar-refractivity contribution in [2.45, 2.75) is 46.6 Å². The zero-order chi connectivity index (χ0) is 18.2. The van der Waals surface area contributed by atoms with E-state index < -0.39 is 5.60 Å². The van der Waals surface area contributed by atoms with Gasteiger partial charge in [-0.3, -0.25) is 4.79 Å². The maximum Gasteiger partial charge on any atom is 0.256 e. The highest BCUT2D eigenvalue weighted by Crippen LogP contribution is 2.24. The number of nitrogens with zero attached hydrogens (tertiary/aromatic N) is 1. The summed E-state index contributed by atoms with van der Waals surface area (Å²) in [5.41, 5.74) is 0.614. The van der Waals surface area contributed by atoms with Gasteiger partial charge in [-0.15, -0.1) is 0 Å². The van der Waals surface area contributed by atoms with Gasteiger partial charge < -0.3 is 19.5 Å². The molecule has 1 N–H and O–H groups in total. The Hall–Kier alpha value is -1.66. The van der Waals surface area contributed by atoms with E-state index in [-0.39, 0.29) is 5.91 Å². The van der Waals surface area contributed by atoms with Gasteiger partial charge in [-0.1, -0.05) is 13.8 Å². The molecule has 0 aromatic carbocycles. The van der Waals surface area contributed by atoms with Crippen LogP contribution < -0.4 is 10.1 Å². The summed E-state index contributed by atoms with van der Waals surface area (Å²) in [7, 11) is 1.56. The van der Waals surface area contributed by atoms with Crippen LogP contribution in [0.2, 0.25) is 0 Å². The number of hydrogen-bond acceptors (Lipinski definition) is 5. The standard InChI is InChI=1S/C18H30N2O4/c1-7-23-8-9-24-16-14(4)10-15(12-19-16)20-17(21)18(5,22-6)11-13(2)3/h10,12-13H,7-9,11H2,1-6H3,(H,20,21). The van der Waals surface area contributed by atoms with Crippen molar-refractivity contribution in [3.8, 4) is 5.88 Å². The molecule has 24 heavy (non-hydrogen) atoms. The molecule has 0 saturated carbocycles. The van der Waals surface area contributed by atoms with Gasteiger partial charge in [0.25, 0.3) is 5.91 Å². The lowest BCUT2D eigenvalue weighted by atomic mass is 9.93. The van der Waals surface area contributed by atoms with E-state index in [2.05, 4.69) is 24.1 Å². The largest absolute Gasteiger partial charge is 0.475 e. The highest BCUT2D eigenvalue weighted by atomic mass is 16.5. The topological polar surface area (TPSA) is 69.7 Å². The van der Waals surface area contributed by atoms with Gasteiger partial charge in [-0.2, -0.15) is 0 Å². The molecule has 0 aliphatic heterocycles. The van der Waals surface area contributed by atoms with Crippen LogP contribution in [-0.2, 0) is 14.3 Å². The molecule has 6 nitrogen and oxygen atoms in total. The molecule has 1 heterocycles. The molecule has 0 bridgehead atoms. The Morgan fingerprint density at radius 2 is 2.08 bits per heavy atom. The molecule has 0 saturated heterocycles. The maximum atomic E-state index is 12.5. The fraction of sp³-hybridized carbons (Fsp3) is 0.667. The van der Waals surface area contributed by atoms with Crippen LogP contribution in [0.3, 0.4) is 0 Å². The van der Waals surface area contributed by atoms with Gasteiger partial charge in [0, 0.05) is 19.3 Å². The Balaban J connectivity index is 2.71. The summed E-state index contributed by atoms with van der Waals surface area (Å²) in [6.45, 7) is 11.4. The van der Waals surface area contributed by atoms with Crippen LogP contribution in [0, 0.1) is 12.8 Å². The minimum atomic E-state index is -0.866. The first-order chi connectivity index (χ1) is 11.3. The normalized spacial score (nSPS) is 13.6. The molecule has 136 valence electrons. The summed E-state index contributed by atoms with van der Waals surface area (Å²) in [6, 6.07) is 1.84. The van der Waals surface area contributed by atoms with Crippen molar-refractivity contribution in [3.05, 3.63) is 17.8 Å². The third-order valence-corrected chi connectivity index (χ3v) is 3.69. The first kappa shape index (κ1) is 20.4. The first-order valence-corrected chi connectivity index (χ1v) is 8.36. The van der Waals surface area contributed by atoms with E-state index in [9.17, 15) is 4.79 Å². The van der Waals surface area contributed by atoms with Gasteiger partial charge in [-0.25, -0.2) is 4.98 Å². The lowest BCUT2D eigenvalue weighted by Crippen LogP contribution is -2.43. The first-order valence-electron chi connectivity index (χ1n) is 8.36. The van der Waals surface area contributed by atoms with Crippen molar-refractivity contribution in [2.24, 2.45) is 5.92 Å². The van der Waals surface area contributed by atoms with E-state index in [1.807, 2.05) is 19.9 Å². The lowest BCUT2D eigenvalue weighted by Gasteiger charge is -2.28. The molecule has 1 aromatic heterocycles. The van der Waals surface area contributed by atoms with Gasteiger partial charge in [0.05, 0.1) is 18.5 Å². The molecule has 0 aliphatic rings. The summed E-state index contributed by atoms with van der Waals surface area (Å²) in [5, 5.41) is 2.88. The molecular formula is C18H30N2O4. The second-order valence-electron chi connectivity index (χ2n) is 6.38. The van der Waals surface area contributed by atoms with Gasteiger partial charge >= 0.3 is 0 Å². The predicted octanol–water partition coefficient (Wildman–Crippen LogP) is 3.20. The Morgan fingerprint density at radius 3 is 2.62 bits per heavy atom. The van der Waals surface area contributed by atoms with Gasteiger partial charge in [0.2, 0.25) is 5.88 Å². The van der Waals surface area contributed by atoms with Crippen LogP contribution in [0.5, 0.6) is 5.88 Å². The molecule has 6 heteroatoms. The number of methoxy groups -OCH3 is 1. The van der Waals surface area contributed by atoms with Gasteiger partial charge in [-0.05, 0) is 39.2 Å². The third kappa shape index (κ3) is 6.09. The molecular weight excluding hydrogens is 308 g/mol. The Kier molecular flexibility index (Phi) is 8.15. The number of ether oxygens (including phenoxy) is 3. The van der Waals surface area contributed by atoms with Crippen molar-refractivity contribution in [2.75, 3.05) is 32.2 Å². The van der Waals surface area contributed by atoms with E-state index in [0.717, 1.165) is 5.56 Å². The van der Waals surface area contributed by atoms with E-state index in [1.54, 1.807) is 20.2 Å². The molecule has 0 aliphatic carbocycles. The smallest absolute Gasteiger partial charge is 0.256 e. The number of anilines is 1. The van der Waals surface area contributed by atoms with E-state index in [1.165, 1.54) is 0 Å². The second-order valence-corrected chi connectivity index (χ2v) is 6.38. The average Bonchev–Trinajstić information content (AvgIpc) is 2.52. The average molecular weight is 338 g/mol. The zero-order valence-electron chi connectivity index (χ0n) is 15.6. The van der Waals surface area contributed by atoms with Crippen LogP contribution in [0.1, 0.15) is 39.7 Å². The van der Waals surface area contributed by atoms with Crippen LogP contribution in [0.15, 0.2) is 12.3 Å². The fourth-order valence-electron chi connectivity index (χ4n) is 2.43. The molecule has 1 unspecified atom stereocenters. The van der Waals surface area contributed by atoms with Crippen molar-refractivity contribution in [1.82, 2.24) is 4.98 Å². The summed E-state index contributed by atoms with van der Waals surface area (Å²) >= 11 is 0. The van der Waals surface area contributed by atoms with E-state index in [4.69, 9.17) is 14.2 Å². The Bertz CT molecular complexity index is 534. The van der Waals surface area contributed by atoms with Crippen molar-refractivity contribution in [3.63, 3.8) is 0 Å². The van der Waals surface area contributed by atoms with Crippen molar-refractivity contribution in [1.29, 1.82) is 0 Å². The lowest BCUT2D eigenvalue weighted by molar-refractivity contribution is -0.137. The number of hydrogen-bond donors (Lipinski definition) is 1. The minimum Gasteiger partial charge on any atom is -0.475 e. The van der Waals surface area contributed by atoms with Crippen molar-refractivity contribution >= 4 is 11.6 Å². The molecule has 1 atom stereocenters. The van der Waals surface area contributed by atoms with Crippen LogP contribution >= 0.6 is 0 Å². The summed E-state index contributed by atoms with van der Waals surface area (Å²) < 4.78 is 16.2. The number of carbonyl (C=O) groups excluding carboxylic acids is 1. The Labute approximate surface area is 144 Å². The minimum absolute atomic E-state index is 0.176. The number of carbonyl (C=O) groups is 1. The summed E-state index contributed by atoms with van der Waals surface area (Å²) in [6.07, 6.45) is 2.23. The number of pyridine rings is 1. The third-order valence-electron chi connectivity index (χ3n) is 3.69. The number of aromatic nitrogens is 1. The predicted molar refractivity (Wildman–Crippen MR) is 94.5 cm³/mol. The zero-order valence-corrected chi connectivity index (χ0v) is 15.6. The van der Waals surface area contributed by atoms with Crippen molar-refractivity contribution < 1.29 is 19.0 Å². The monoisotopic (exact) mass is 338 g/mol. The highest BCUT2D eigenvalue weighted by molar-refractivity contribution is 5.97. The fourth-order valence-corrected chi connectivity index (χ4v) is 2.43. The molecule has 1 rings (SSSR count). The second kappa shape index (κ2) is 9.59. The molecule has 0 fully saturated rings. The van der Waals surface area contributed by atoms with E-state index in [0.29, 0.717) is 43.7 Å². The summed E-state index contributed by atoms with van der Waals surface area (Å²) in [4.78, 5) is 16.8. The van der Waals surface area contributed by atoms with Gasteiger partial charge in [0.1, 0.15) is 12.2 Å². The van der Waals surface area contributed by atoms with Crippen LogP contribution in [0.25, 0.3) is 0 Å². The number of rotatable bonds is 10. The number of aryl methyl sites for hydroxylation is 1. The number of amides is 1. The molecule has 0 radical (unpaired) electrons. The molecule has 1 amide bonds. The Morgan fingerprint density at radius 1 is 1.38 bits per heavy atom. The number of nitrogens with one attached hydrogen (secondary N) is 1. The van der Waals surface area contributed by atoms with Crippen LogP contribution in [0.4, 0.5) is 5.69 Å². The van der Waals surface area contributed by atoms with Crippen LogP contribution in [-0.4, -0.2) is 43.4 Å². The maximum absolute atomic E-state index is 12.5. The quantitative estimate of drug-likeness (QED) is 0.664. The SMILES string of the molecule is CCOCCOc1ncc(NC(=O)C(C)(CC(C)C)OC)cc1C. The van der Waals surface area contributed by atoms with Gasteiger partial charge in [0.15, 0.2) is 0 Å². The molecule has 1 aromatic rings. The molecule has 0 spiro atoms. The highest BCUT2D eigenvalue weighted by Gasteiger charge is 2.34. The summed E-state index contributed by atoms with van der Waals surface area (Å²) in [5.74, 6) is 0.718. The van der Waals surface area contributed by atoms with E-state index >= 15 is 0 Å².